The van der Waals surface area contributed by atoms with Crippen LogP contribution in [-0.2, 0) is 4.79 Å². The number of carboxylic acid groups (broad SMARTS) is 1. The number of aliphatic carboxylic acids is 1. The van der Waals surface area contributed by atoms with E-state index >= 15 is 0 Å². The Morgan fingerprint density at radius 3 is 2.34 bits per heavy atom. The number of alkyl halides is 3. The van der Waals surface area contributed by atoms with E-state index in [2.05, 4.69) is 4.98 Å². The van der Waals surface area contributed by atoms with Gasteiger partial charge in [0.25, 0.3) is 0 Å². The van der Waals surface area contributed by atoms with E-state index in [0.717, 1.165) is 4.90 Å². The van der Waals surface area contributed by atoms with Crippen LogP contribution < -0.4 is 9.64 Å². The highest BCUT2D eigenvalue weighted by molar-refractivity contribution is 6.30. The number of methoxy groups -OCH3 is 1. The average Bonchev–Trinajstić information content (AvgIpc) is 3.64. The summed E-state index contributed by atoms with van der Waals surface area (Å²) in [6, 6.07) is 5.57. The number of aromatic nitrogens is 1. The second-order valence-electron chi connectivity index (χ2n) is 8.07. The zero-order valence-corrected chi connectivity index (χ0v) is 17.7. The molecule has 10 heteroatoms. The molecule has 4 rings (SSSR count). The lowest BCUT2D eigenvalue weighted by Crippen LogP contribution is -2.45. The number of carboxylic acids is 1. The van der Waals surface area contributed by atoms with Gasteiger partial charge in [-0.1, -0.05) is 11.6 Å². The van der Waals surface area contributed by atoms with Gasteiger partial charge in [0.15, 0.2) is 5.78 Å². The molecule has 0 saturated heterocycles. The topological polar surface area (TPSA) is 79.7 Å². The van der Waals surface area contributed by atoms with Gasteiger partial charge in [0.2, 0.25) is 0 Å². The van der Waals surface area contributed by atoms with Crippen LogP contribution in [-0.4, -0.2) is 41.2 Å². The van der Waals surface area contributed by atoms with Crippen LogP contribution in [0.2, 0.25) is 5.02 Å². The number of Topliss-reactive ketones (excluding diaryl/α,β-unsaturated/α-hetero) is 1. The van der Waals surface area contributed by atoms with Crippen LogP contribution in [0.1, 0.15) is 29.8 Å². The molecular formula is C22H20ClF3N2O4. The van der Waals surface area contributed by atoms with Crippen molar-refractivity contribution in [3.05, 3.63) is 47.2 Å². The molecular weight excluding hydrogens is 449 g/mol. The van der Waals surface area contributed by atoms with E-state index in [1.54, 1.807) is 0 Å². The molecule has 170 valence electrons. The number of rotatable bonds is 8. The minimum absolute atomic E-state index is 0.000719. The first-order valence-corrected chi connectivity index (χ1v) is 10.4. The maximum atomic E-state index is 14.1. The summed E-state index contributed by atoms with van der Waals surface area (Å²) >= 11 is 5.93. The highest BCUT2D eigenvalue weighted by Crippen LogP contribution is 2.48. The smallest absolute Gasteiger partial charge is 0.409 e. The standard InChI is InChI=1S/C22H20ClF3N2O4/c1-32-17-8-14(10-27-18(17)19(29)15-9-16(15)21(30)31)28(13-6-4-12(23)5-7-13)20(11-2-3-11)22(24,25)26/h4-8,10-11,15-16,20H,2-3,9H2,1H3,(H,30,31). The van der Waals surface area contributed by atoms with Gasteiger partial charge in [-0.2, -0.15) is 13.2 Å². The van der Waals surface area contributed by atoms with Crippen LogP contribution in [0.3, 0.4) is 0 Å². The molecule has 0 spiro atoms. The molecule has 3 atom stereocenters. The molecule has 32 heavy (non-hydrogen) atoms. The van der Waals surface area contributed by atoms with Gasteiger partial charge >= 0.3 is 12.1 Å². The summed E-state index contributed by atoms with van der Waals surface area (Å²) in [7, 11) is 1.29. The van der Waals surface area contributed by atoms with Crippen molar-refractivity contribution in [3.8, 4) is 5.75 Å². The fourth-order valence-electron chi connectivity index (χ4n) is 3.95. The Morgan fingerprint density at radius 2 is 1.84 bits per heavy atom. The Kier molecular flexibility index (Phi) is 5.79. The zero-order valence-electron chi connectivity index (χ0n) is 17.0. The van der Waals surface area contributed by atoms with Gasteiger partial charge in [-0.15, -0.1) is 0 Å². The molecule has 1 aromatic carbocycles. The Bertz CT molecular complexity index is 1040. The predicted molar refractivity (Wildman–Crippen MR) is 111 cm³/mol. The summed E-state index contributed by atoms with van der Waals surface area (Å²) in [5.41, 5.74) is 0.302. The van der Waals surface area contributed by atoms with Crippen LogP contribution in [0.5, 0.6) is 5.75 Å². The van der Waals surface area contributed by atoms with Crippen molar-refractivity contribution in [2.45, 2.75) is 31.5 Å². The number of hydrogen-bond acceptors (Lipinski definition) is 5. The van der Waals surface area contributed by atoms with Gasteiger partial charge in [0.05, 0.1) is 24.9 Å². The summed E-state index contributed by atoms with van der Waals surface area (Å²) in [5, 5.41) is 9.46. The number of carbonyl (C=O) groups is 2. The number of ether oxygens (including phenoxy) is 1. The van der Waals surface area contributed by atoms with E-state index in [4.69, 9.17) is 21.4 Å². The molecule has 2 fully saturated rings. The number of nitrogens with zero attached hydrogens (tertiary/aromatic N) is 2. The quantitative estimate of drug-likeness (QED) is 0.541. The lowest BCUT2D eigenvalue weighted by atomic mass is 10.1. The van der Waals surface area contributed by atoms with Crippen LogP contribution in [0.4, 0.5) is 24.5 Å². The third kappa shape index (κ3) is 4.39. The van der Waals surface area contributed by atoms with Crippen LogP contribution >= 0.6 is 11.6 Å². The predicted octanol–water partition coefficient (Wildman–Crippen LogP) is 5.13. The van der Waals surface area contributed by atoms with Gasteiger partial charge in [0, 0.05) is 22.7 Å². The lowest BCUT2D eigenvalue weighted by Gasteiger charge is -2.35. The number of pyridine rings is 1. The zero-order chi connectivity index (χ0) is 23.2. The number of hydrogen-bond donors (Lipinski definition) is 1. The Labute approximate surface area is 187 Å². The molecule has 1 N–H and O–H groups in total. The van der Waals surface area contributed by atoms with E-state index in [-0.39, 0.29) is 29.2 Å². The van der Waals surface area contributed by atoms with Gasteiger partial charge in [-0.05, 0) is 49.4 Å². The molecule has 2 aliphatic rings. The summed E-state index contributed by atoms with van der Waals surface area (Å²) < 4.78 is 47.6. The minimum atomic E-state index is -4.51. The first kappa shape index (κ1) is 22.4. The lowest BCUT2D eigenvalue weighted by molar-refractivity contribution is -0.151. The number of anilines is 2. The van der Waals surface area contributed by atoms with Gasteiger partial charge in [-0.25, -0.2) is 4.98 Å². The van der Waals surface area contributed by atoms with Crippen molar-refractivity contribution in [3.63, 3.8) is 0 Å². The molecule has 2 saturated carbocycles. The van der Waals surface area contributed by atoms with Crippen LogP contribution in [0.15, 0.2) is 36.5 Å². The number of benzene rings is 1. The molecule has 6 nitrogen and oxygen atoms in total. The molecule has 0 aliphatic heterocycles. The second kappa shape index (κ2) is 8.27. The number of carbonyl (C=O) groups excluding carboxylic acids is 1. The largest absolute Gasteiger partial charge is 0.494 e. The third-order valence-electron chi connectivity index (χ3n) is 5.80. The van der Waals surface area contributed by atoms with Crippen molar-refractivity contribution in [1.82, 2.24) is 4.98 Å². The summed E-state index contributed by atoms with van der Waals surface area (Å²) in [4.78, 5) is 29.0. The van der Waals surface area contributed by atoms with Crippen LogP contribution in [0.25, 0.3) is 0 Å². The molecule has 0 radical (unpaired) electrons. The Morgan fingerprint density at radius 1 is 1.19 bits per heavy atom. The van der Waals surface area contributed by atoms with E-state index in [9.17, 15) is 22.8 Å². The summed E-state index contributed by atoms with van der Waals surface area (Å²) in [5.74, 6) is -3.61. The fourth-order valence-corrected chi connectivity index (χ4v) is 4.07. The molecule has 2 aromatic rings. The van der Waals surface area contributed by atoms with Crippen molar-refractivity contribution in [2.75, 3.05) is 12.0 Å². The van der Waals surface area contributed by atoms with E-state index < -0.39 is 41.7 Å². The highest BCUT2D eigenvalue weighted by atomic mass is 35.5. The van der Waals surface area contributed by atoms with Gasteiger partial charge < -0.3 is 14.7 Å². The highest BCUT2D eigenvalue weighted by Gasteiger charge is 2.53. The molecule has 0 amide bonds. The first-order valence-electron chi connectivity index (χ1n) is 10.0. The second-order valence-corrected chi connectivity index (χ2v) is 8.50. The fraction of sp³-hybridized carbons (Fsp3) is 0.409. The van der Waals surface area contributed by atoms with E-state index in [0.29, 0.717) is 17.9 Å². The van der Waals surface area contributed by atoms with Crippen molar-refractivity contribution in [1.29, 1.82) is 0 Å². The maximum absolute atomic E-state index is 14.1. The Hall–Kier alpha value is -2.81. The van der Waals surface area contributed by atoms with Crippen LogP contribution in [0, 0.1) is 17.8 Å². The Balaban J connectivity index is 1.75. The summed E-state index contributed by atoms with van der Waals surface area (Å²) in [6.45, 7) is 0. The SMILES string of the molecule is COc1cc(N(c2ccc(Cl)cc2)C(C2CC2)C(F)(F)F)cnc1C(=O)C1CC1C(=O)O. The minimum Gasteiger partial charge on any atom is -0.494 e. The normalized spacial score (nSPS) is 21.0. The molecule has 0 bridgehead atoms. The number of halogens is 4. The maximum Gasteiger partial charge on any atom is 0.409 e. The molecule has 1 heterocycles. The monoisotopic (exact) mass is 468 g/mol. The van der Waals surface area contributed by atoms with Gasteiger partial charge in [0.1, 0.15) is 17.5 Å². The third-order valence-corrected chi connectivity index (χ3v) is 6.05. The van der Waals surface area contributed by atoms with E-state index in [1.165, 1.54) is 43.6 Å². The average molecular weight is 469 g/mol. The van der Waals surface area contributed by atoms with Crippen molar-refractivity contribution in [2.24, 2.45) is 17.8 Å². The molecule has 3 unspecified atom stereocenters. The van der Waals surface area contributed by atoms with E-state index in [1.807, 2.05) is 0 Å². The van der Waals surface area contributed by atoms with Crippen molar-refractivity contribution < 1.29 is 32.6 Å². The van der Waals surface area contributed by atoms with Crippen molar-refractivity contribution >= 4 is 34.7 Å². The first-order chi connectivity index (χ1) is 15.1. The molecule has 1 aromatic heterocycles. The molecule has 2 aliphatic carbocycles. The van der Waals surface area contributed by atoms with Gasteiger partial charge in [-0.3, -0.25) is 9.59 Å². The number of ketones is 1. The summed E-state index contributed by atoms with van der Waals surface area (Å²) in [6.07, 6.45) is -2.20.